The predicted octanol–water partition coefficient (Wildman–Crippen LogP) is 1.66. The topological polar surface area (TPSA) is 38.7 Å². The first-order chi connectivity index (χ1) is 6.95. The standard InChI is InChI=1S/C11H11N3/c1-2-4-10(5-3-1)6-7-11-12-8-9-13-14-11/h1-5,8-9H,6-7H2. The van der Waals surface area contributed by atoms with Crippen LogP contribution in [-0.2, 0) is 12.8 Å². The molecular formula is C11H11N3. The van der Waals surface area contributed by atoms with E-state index in [1.54, 1.807) is 12.4 Å². The molecule has 0 radical (unpaired) electrons. The molecule has 2 aromatic rings. The van der Waals surface area contributed by atoms with Gasteiger partial charge < -0.3 is 0 Å². The number of hydrogen-bond donors (Lipinski definition) is 0. The fraction of sp³-hybridized carbons (Fsp3) is 0.182. The second kappa shape index (κ2) is 4.46. The molecule has 1 aromatic carbocycles. The molecule has 0 N–H and O–H groups in total. The van der Waals surface area contributed by atoms with Crippen molar-refractivity contribution in [2.75, 3.05) is 0 Å². The van der Waals surface area contributed by atoms with Crippen molar-refractivity contribution in [1.82, 2.24) is 15.2 Å². The van der Waals surface area contributed by atoms with Crippen LogP contribution in [0.4, 0.5) is 0 Å². The third kappa shape index (κ3) is 2.36. The lowest BCUT2D eigenvalue weighted by Gasteiger charge is -1.98. The molecule has 1 aromatic heterocycles. The van der Waals surface area contributed by atoms with Crippen molar-refractivity contribution in [2.45, 2.75) is 12.8 Å². The third-order valence-corrected chi connectivity index (χ3v) is 2.01. The van der Waals surface area contributed by atoms with Gasteiger partial charge in [0, 0.05) is 12.6 Å². The number of aryl methyl sites for hydroxylation is 2. The summed E-state index contributed by atoms with van der Waals surface area (Å²) in [6, 6.07) is 10.3. The van der Waals surface area contributed by atoms with E-state index in [1.807, 2.05) is 18.2 Å². The van der Waals surface area contributed by atoms with Crippen molar-refractivity contribution >= 4 is 0 Å². The largest absolute Gasteiger partial charge is 0.238 e. The zero-order valence-corrected chi connectivity index (χ0v) is 7.80. The summed E-state index contributed by atoms with van der Waals surface area (Å²) < 4.78 is 0. The molecule has 0 fully saturated rings. The van der Waals surface area contributed by atoms with Gasteiger partial charge in [0.1, 0.15) is 0 Å². The van der Waals surface area contributed by atoms with Crippen LogP contribution in [0.3, 0.4) is 0 Å². The Morgan fingerprint density at radius 2 is 1.79 bits per heavy atom. The quantitative estimate of drug-likeness (QED) is 0.730. The monoisotopic (exact) mass is 185 g/mol. The summed E-state index contributed by atoms with van der Waals surface area (Å²) in [4.78, 5) is 4.12. The van der Waals surface area contributed by atoms with Crippen LogP contribution in [0.25, 0.3) is 0 Å². The predicted molar refractivity (Wildman–Crippen MR) is 53.7 cm³/mol. The lowest BCUT2D eigenvalue weighted by atomic mass is 10.1. The average molecular weight is 185 g/mol. The molecular weight excluding hydrogens is 174 g/mol. The van der Waals surface area contributed by atoms with Crippen LogP contribution in [0.2, 0.25) is 0 Å². The van der Waals surface area contributed by atoms with Gasteiger partial charge in [0.05, 0.1) is 6.20 Å². The van der Waals surface area contributed by atoms with Gasteiger partial charge in [-0.3, -0.25) is 0 Å². The molecule has 0 aliphatic rings. The van der Waals surface area contributed by atoms with E-state index in [0.717, 1.165) is 18.7 Å². The van der Waals surface area contributed by atoms with Gasteiger partial charge in [-0.25, -0.2) is 4.98 Å². The first-order valence-corrected chi connectivity index (χ1v) is 4.61. The second-order valence-electron chi connectivity index (χ2n) is 3.04. The molecule has 0 bridgehead atoms. The van der Waals surface area contributed by atoms with Crippen molar-refractivity contribution in [3.8, 4) is 0 Å². The van der Waals surface area contributed by atoms with E-state index in [4.69, 9.17) is 0 Å². The molecule has 3 nitrogen and oxygen atoms in total. The summed E-state index contributed by atoms with van der Waals surface area (Å²) in [6.45, 7) is 0. The molecule has 0 saturated carbocycles. The lowest BCUT2D eigenvalue weighted by molar-refractivity contribution is 0.802. The maximum atomic E-state index is 4.12. The molecule has 0 saturated heterocycles. The zero-order valence-electron chi connectivity index (χ0n) is 7.80. The molecule has 2 rings (SSSR count). The maximum Gasteiger partial charge on any atom is 0.151 e. The summed E-state index contributed by atoms with van der Waals surface area (Å²) in [5, 5.41) is 7.72. The molecule has 70 valence electrons. The molecule has 0 unspecified atom stereocenters. The summed E-state index contributed by atoms with van der Waals surface area (Å²) in [6.07, 6.45) is 5.07. The zero-order chi connectivity index (χ0) is 9.64. The van der Waals surface area contributed by atoms with Crippen LogP contribution < -0.4 is 0 Å². The van der Waals surface area contributed by atoms with Gasteiger partial charge in [0.25, 0.3) is 0 Å². The van der Waals surface area contributed by atoms with E-state index in [2.05, 4.69) is 27.3 Å². The highest BCUT2D eigenvalue weighted by Gasteiger charge is 1.96. The minimum absolute atomic E-state index is 0.802. The van der Waals surface area contributed by atoms with E-state index < -0.39 is 0 Å². The maximum absolute atomic E-state index is 4.12. The first-order valence-electron chi connectivity index (χ1n) is 4.61. The molecule has 3 heteroatoms. The highest BCUT2D eigenvalue weighted by Crippen LogP contribution is 2.02. The van der Waals surface area contributed by atoms with Crippen LogP contribution in [0.5, 0.6) is 0 Å². The van der Waals surface area contributed by atoms with Gasteiger partial charge in [-0.1, -0.05) is 30.3 Å². The number of benzene rings is 1. The molecule has 0 atom stereocenters. The number of aromatic nitrogens is 3. The van der Waals surface area contributed by atoms with Gasteiger partial charge in [-0.2, -0.15) is 5.10 Å². The highest BCUT2D eigenvalue weighted by atomic mass is 15.1. The Morgan fingerprint density at radius 3 is 2.50 bits per heavy atom. The molecule has 14 heavy (non-hydrogen) atoms. The van der Waals surface area contributed by atoms with Crippen LogP contribution in [0, 0.1) is 0 Å². The van der Waals surface area contributed by atoms with Crippen LogP contribution in [0.1, 0.15) is 11.4 Å². The second-order valence-corrected chi connectivity index (χ2v) is 3.04. The number of hydrogen-bond acceptors (Lipinski definition) is 3. The van der Waals surface area contributed by atoms with Crippen molar-refractivity contribution < 1.29 is 0 Å². The van der Waals surface area contributed by atoms with Gasteiger partial charge in [0.2, 0.25) is 0 Å². The summed E-state index contributed by atoms with van der Waals surface area (Å²) in [7, 11) is 0. The Labute approximate surface area is 82.8 Å². The van der Waals surface area contributed by atoms with Crippen molar-refractivity contribution in [2.24, 2.45) is 0 Å². The summed E-state index contributed by atoms with van der Waals surface area (Å²) in [5.41, 5.74) is 1.31. The fourth-order valence-electron chi connectivity index (χ4n) is 1.29. The lowest BCUT2D eigenvalue weighted by Crippen LogP contribution is -1.98. The normalized spacial score (nSPS) is 10.0. The van der Waals surface area contributed by atoms with Gasteiger partial charge >= 0.3 is 0 Å². The molecule has 1 heterocycles. The Hall–Kier alpha value is -1.77. The van der Waals surface area contributed by atoms with E-state index in [-0.39, 0.29) is 0 Å². The van der Waals surface area contributed by atoms with Crippen LogP contribution >= 0.6 is 0 Å². The third-order valence-electron chi connectivity index (χ3n) is 2.01. The fourth-order valence-corrected chi connectivity index (χ4v) is 1.29. The van der Waals surface area contributed by atoms with E-state index in [1.165, 1.54) is 5.56 Å². The van der Waals surface area contributed by atoms with E-state index in [0.29, 0.717) is 0 Å². The van der Waals surface area contributed by atoms with E-state index >= 15 is 0 Å². The average Bonchev–Trinajstić information content (AvgIpc) is 2.29. The Morgan fingerprint density at radius 1 is 0.929 bits per heavy atom. The molecule has 0 aliphatic heterocycles. The summed E-state index contributed by atoms with van der Waals surface area (Å²) in [5.74, 6) is 0.802. The van der Waals surface area contributed by atoms with Crippen LogP contribution in [-0.4, -0.2) is 15.2 Å². The first kappa shape index (κ1) is 8.81. The Balaban J connectivity index is 1.96. The van der Waals surface area contributed by atoms with Gasteiger partial charge in [-0.15, -0.1) is 5.10 Å². The van der Waals surface area contributed by atoms with E-state index in [9.17, 15) is 0 Å². The number of nitrogens with zero attached hydrogens (tertiary/aromatic N) is 3. The molecule has 0 aliphatic carbocycles. The Kier molecular flexibility index (Phi) is 2.81. The smallest absolute Gasteiger partial charge is 0.151 e. The van der Waals surface area contributed by atoms with Crippen LogP contribution in [0.15, 0.2) is 42.7 Å². The van der Waals surface area contributed by atoms with Crippen molar-refractivity contribution in [3.63, 3.8) is 0 Å². The minimum atomic E-state index is 0.802. The molecule has 0 spiro atoms. The molecule has 0 amide bonds. The SMILES string of the molecule is c1ccc(CCc2nccnn2)cc1. The highest BCUT2D eigenvalue weighted by molar-refractivity contribution is 5.15. The van der Waals surface area contributed by atoms with Gasteiger partial charge in [0.15, 0.2) is 5.82 Å². The van der Waals surface area contributed by atoms with Gasteiger partial charge in [-0.05, 0) is 12.0 Å². The number of rotatable bonds is 3. The summed E-state index contributed by atoms with van der Waals surface area (Å²) >= 11 is 0. The van der Waals surface area contributed by atoms with Crippen molar-refractivity contribution in [3.05, 3.63) is 54.1 Å². The van der Waals surface area contributed by atoms with Crippen molar-refractivity contribution in [1.29, 1.82) is 0 Å². The minimum Gasteiger partial charge on any atom is -0.238 e. The Bertz CT molecular complexity index is 333.